The zero-order chi connectivity index (χ0) is 10.6. The second-order valence-corrected chi connectivity index (χ2v) is 2.32. The Morgan fingerprint density at radius 1 is 1.57 bits per heavy atom. The molecule has 0 atom stereocenters. The molecule has 14 heavy (non-hydrogen) atoms. The number of hydrogen-bond acceptors (Lipinski definition) is 3. The van der Waals surface area contributed by atoms with E-state index in [4.69, 9.17) is 21.3 Å². The SMILES string of the molecule is N=C(N=C(N)N)NC(=O)c1ccco1. The third-order valence-corrected chi connectivity index (χ3v) is 1.22. The molecule has 0 fully saturated rings. The van der Waals surface area contributed by atoms with Crippen LogP contribution in [0.3, 0.4) is 0 Å². The number of furan rings is 1. The zero-order valence-electron chi connectivity index (χ0n) is 7.15. The van der Waals surface area contributed by atoms with Gasteiger partial charge in [0.05, 0.1) is 6.26 Å². The van der Waals surface area contributed by atoms with E-state index in [0.29, 0.717) is 0 Å². The molecule has 1 aromatic rings. The van der Waals surface area contributed by atoms with E-state index in [-0.39, 0.29) is 11.7 Å². The number of rotatable bonds is 1. The maximum absolute atomic E-state index is 11.2. The minimum absolute atomic E-state index is 0.0838. The summed E-state index contributed by atoms with van der Waals surface area (Å²) in [7, 11) is 0. The molecule has 0 spiro atoms. The lowest BCUT2D eigenvalue weighted by molar-refractivity contribution is 0.0949. The summed E-state index contributed by atoms with van der Waals surface area (Å²) in [6.07, 6.45) is 1.35. The van der Waals surface area contributed by atoms with Gasteiger partial charge in [-0.15, -0.1) is 0 Å². The van der Waals surface area contributed by atoms with E-state index >= 15 is 0 Å². The summed E-state index contributed by atoms with van der Waals surface area (Å²) in [6, 6.07) is 3.01. The van der Waals surface area contributed by atoms with Crippen molar-refractivity contribution in [2.75, 3.05) is 0 Å². The third-order valence-electron chi connectivity index (χ3n) is 1.22. The molecule has 0 aliphatic rings. The molecule has 0 saturated heterocycles. The number of nitrogens with zero attached hydrogens (tertiary/aromatic N) is 1. The average Bonchev–Trinajstić information content (AvgIpc) is 2.53. The fourth-order valence-corrected chi connectivity index (χ4v) is 0.734. The molecule has 1 amide bonds. The molecule has 7 heteroatoms. The lowest BCUT2D eigenvalue weighted by Gasteiger charge is -1.99. The Morgan fingerprint density at radius 2 is 2.29 bits per heavy atom. The normalized spacial score (nSPS) is 9.14. The van der Waals surface area contributed by atoms with E-state index in [1.165, 1.54) is 12.3 Å². The Bertz CT molecular complexity index is 363. The number of nitrogens with one attached hydrogen (secondary N) is 2. The molecule has 0 radical (unpaired) electrons. The molecule has 0 aliphatic carbocycles. The van der Waals surface area contributed by atoms with Crippen LogP contribution in [0.4, 0.5) is 0 Å². The summed E-state index contributed by atoms with van der Waals surface area (Å²) in [6.45, 7) is 0. The maximum atomic E-state index is 11.2. The fraction of sp³-hybridized carbons (Fsp3) is 0. The lowest BCUT2D eigenvalue weighted by atomic mass is 10.4. The molecule has 0 unspecified atom stereocenters. The summed E-state index contributed by atoms with van der Waals surface area (Å²) in [5, 5.41) is 9.25. The van der Waals surface area contributed by atoms with Crippen LogP contribution in [0.2, 0.25) is 0 Å². The van der Waals surface area contributed by atoms with Gasteiger partial charge in [-0.05, 0) is 12.1 Å². The molecule has 0 aliphatic heterocycles. The van der Waals surface area contributed by atoms with E-state index in [1.807, 2.05) is 0 Å². The van der Waals surface area contributed by atoms with Gasteiger partial charge in [-0.1, -0.05) is 0 Å². The Morgan fingerprint density at radius 3 is 2.79 bits per heavy atom. The van der Waals surface area contributed by atoms with Gasteiger partial charge in [0, 0.05) is 0 Å². The van der Waals surface area contributed by atoms with Crippen molar-refractivity contribution in [1.29, 1.82) is 5.41 Å². The number of hydrogen-bond donors (Lipinski definition) is 4. The first kappa shape index (κ1) is 9.78. The molecule has 74 valence electrons. The molecule has 0 saturated carbocycles. The average molecular weight is 195 g/mol. The molecule has 1 rings (SSSR count). The van der Waals surface area contributed by atoms with Crippen molar-refractivity contribution >= 4 is 17.8 Å². The molecule has 1 heterocycles. The van der Waals surface area contributed by atoms with Crippen molar-refractivity contribution < 1.29 is 9.21 Å². The minimum atomic E-state index is -0.579. The molecule has 1 aromatic heterocycles. The Kier molecular flexibility index (Phi) is 2.85. The number of nitrogens with two attached hydrogens (primary N) is 2. The van der Waals surface area contributed by atoms with Crippen LogP contribution in [0.25, 0.3) is 0 Å². The zero-order valence-corrected chi connectivity index (χ0v) is 7.15. The molecule has 6 N–H and O–H groups in total. The van der Waals surface area contributed by atoms with Gasteiger partial charge in [0.2, 0.25) is 5.96 Å². The Balaban J connectivity index is 2.58. The van der Waals surface area contributed by atoms with Crippen LogP contribution in [0.1, 0.15) is 10.6 Å². The second-order valence-electron chi connectivity index (χ2n) is 2.32. The van der Waals surface area contributed by atoms with Gasteiger partial charge in [0.1, 0.15) is 0 Å². The van der Waals surface area contributed by atoms with Gasteiger partial charge in [-0.25, -0.2) is 0 Å². The van der Waals surface area contributed by atoms with E-state index in [9.17, 15) is 4.79 Å². The highest BCUT2D eigenvalue weighted by molar-refractivity contribution is 6.06. The highest BCUT2D eigenvalue weighted by atomic mass is 16.3. The van der Waals surface area contributed by atoms with Crippen LogP contribution in [0, 0.1) is 5.41 Å². The second kappa shape index (κ2) is 4.08. The lowest BCUT2D eigenvalue weighted by Crippen LogP contribution is -2.32. The third kappa shape index (κ3) is 2.63. The van der Waals surface area contributed by atoms with Crippen LogP contribution in [0.15, 0.2) is 27.8 Å². The summed E-state index contributed by atoms with van der Waals surface area (Å²) < 4.78 is 4.78. The number of carbonyl (C=O) groups is 1. The van der Waals surface area contributed by atoms with E-state index < -0.39 is 11.9 Å². The number of carbonyl (C=O) groups excluding carboxylic acids is 1. The number of aliphatic imine (C=N–C) groups is 1. The first-order valence-corrected chi connectivity index (χ1v) is 3.62. The van der Waals surface area contributed by atoms with Gasteiger partial charge in [-0.2, -0.15) is 4.99 Å². The van der Waals surface area contributed by atoms with Crippen molar-refractivity contribution in [1.82, 2.24) is 5.32 Å². The van der Waals surface area contributed by atoms with Crippen molar-refractivity contribution in [3.63, 3.8) is 0 Å². The number of amides is 1. The van der Waals surface area contributed by atoms with Crippen molar-refractivity contribution in [2.24, 2.45) is 16.5 Å². The largest absolute Gasteiger partial charge is 0.459 e. The van der Waals surface area contributed by atoms with Gasteiger partial charge < -0.3 is 15.9 Å². The van der Waals surface area contributed by atoms with Crippen LogP contribution in [0.5, 0.6) is 0 Å². The van der Waals surface area contributed by atoms with Crippen LogP contribution < -0.4 is 16.8 Å². The van der Waals surface area contributed by atoms with Gasteiger partial charge in [-0.3, -0.25) is 15.5 Å². The predicted octanol–water partition coefficient (Wildman–Crippen LogP) is -0.782. The number of guanidine groups is 2. The molecular weight excluding hydrogens is 186 g/mol. The standard InChI is InChI=1S/C7H9N5O2/c8-6(9)12-7(10)11-5(13)4-2-1-3-14-4/h1-3H,(H6,8,9,10,11,12,13). The monoisotopic (exact) mass is 195 g/mol. The highest BCUT2D eigenvalue weighted by Gasteiger charge is 2.09. The van der Waals surface area contributed by atoms with E-state index in [0.717, 1.165) is 0 Å². The van der Waals surface area contributed by atoms with E-state index in [2.05, 4.69) is 10.3 Å². The summed E-state index contributed by atoms with van der Waals surface area (Å²) in [5.41, 5.74) is 10.00. The van der Waals surface area contributed by atoms with E-state index in [1.54, 1.807) is 6.07 Å². The minimum Gasteiger partial charge on any atom is -0.459 e. The van der Waals surface area contributed by atoms with Gasteiger partial charge in [0.15, 0.2) is 11.7 Å². The van der Waals surface area contributed by atoms with Crippen LogP contribution in [-0.4, -0.2) is 17.8 Å². The topological polar surface area (TPSA) is 130 Å². The highest BCUT2D eigenvalue weighted by Crippen LogP contribution is 1.98. The Labute approximate surface area is 79.3 Å². The van der Waals surface area contributed by atoms with Crippen LogP contribution >= 0.6 is 0 Å². The molecule has 0 aromatic carbocycles. The Hall–Kier alpha value is -2.31. The summed E-state index contributed by atoms with van der Waals surface area (Å²) in [5.74, 6) is -1.23. The van der Waals surface area contributed by atoms with Crippen molar-refractivity contribution in [3.8, 4) is 0 Å². The molecule has 7 nitrogen and oxygen atoms in total. The first-order valence-electron chi connectivity index (χ1n) is 3.62. The van der Waals surface area contributed by atoms with Gasteiger partial charge >= 0.3 is 0 Å². The predicted molar refractivity (Wildman–Crippen MR) is 49.7 cm³/mol. The van der Waals surface area contributed by atoms with Crippen molar-refractivity contribution in [2.45, 2.75) is 0 Å². The smallest absolute Gasteiger partial charge is 0.293 e. The summed E-state index contributed by atoms with van der Waals surface area (Å²) >= 11 is 0. The quantitative estimate of drug-likeness (QED) is 0.345. The maximum Gasteiger partial charge on any atom is 0.293 e. The van der Waals surface area contributed by atoms with Gasteiger partial charge in [0.25, 0.3) is 5.91 Å². The van der Waals surface area contributed by atoms with Crippen molar-refractivity contribution in [3.05, 3.63) is 24.2 Å². The first-order chi connectivity index (χ1) is 6.59. The van der Waals surface area contributed by atoms with Crippen LogP contribution in [-0.2, 0) is 0 Å². The fourth-order valence-electron chi connectivity index (χ4n) is 0.734. The molecule has 0 bridgehead atoms. The molecular formula is C7H9N5O2. The summed E-state index contributed by atoms with van der Waals surface area (Å²) in [4.78, 5) is 14.5.